The quantitative estimate of drug-likeness (QED) is 0.285. The lowest BCUT2D eigenvalue weighted by atomic mass is 10.0. The largest absolute Gasteiger partial charge is 0.344 e. The Kier molecular flexibility index (Phi) is 15.8. The van der Waals surface area contributed by atoms with Crippen molar-refractivity contribution in [2.45, 2.75) is 114 Å². The van der Waals surface area contributed by atoms with E-state index in [1.54, 1.807) is 0 Å². The van der Waals surface area contributed by atoms with Crippen LogP contribution in [0.5, 0.6) is 0 Å². The van der Waals surface area contributed by atoms with Crippen LogP contribution in [0.25, 0.3) is 0 Å². The van der Waals surface area contributed by atoms with Crippen molar-refractivity contribution in [2.24, 2.45) is 5.73 Å². The van der Waals surface area contributed by atoms with E-state index in [4.69, 9.17) is 17.3 Å². The van der Waals surface area contributed by atoms with Gasteiger partial charge in [0.1, 0.15) is 0 Å². The van der Waals surface area contributed by atoms with Crippen molar-refractivity contribution in [3.05, 3.63) is 0 Å². The van der Waals surface area contributed by atoms with Crippen molar-refractivity contribution in [1.29, 1.82) is 0 Å². The van der Waals surface area contributed by atoms with Gasteiger partial charge in [-0.05, 0) is 19.3 Å². The third-order valence-electron chi connectivity index (χ3n) is 4.92. The van der Waals surface area contributed by atoms with E-state index in [2.05, 4.69) is 12.2 Å². The fraction of sp³-hybridized carbons (Fsp3) is 1.00. The molecule has 0 aromatic carbocycles. The molecule has 140 valence electrons. The molecule has 0 spiro atoms. The van der Waals surface area contributed by atoms with Gasteiger partial charge in [0.15, 0.2) is 0 Å². The first kappa shape index (κ1) is 23.2. The molecule has 3 unspecified atom stereocenters. The molecule has 0 amide bonds. The second-order valence-electron chi connectivity index (χ2n) is 7.26. The summed E-state index contributed by atoms with van der Waals surface area (Å²) >= 11 is 6.45. The molecule has 1 aliphatic heterocycles. The summed E-state index contributed by atoms with van der Waals surface area (Å²) in [5.41, 5.74) is 5.91. The van der Waals surface area contributed by atoms with Crippen LogP contribution in [0.2, 0.25) is 0 Å². The second-order valence-corrected chi connectivity index (χ2v) is 7.88. The molecule has 4 heteroatoms. The van der Waals surface area contributed by atoms with Crippen molar-refractivity contribution in [2.75, 3.05) is 6.54 Å². The highest BCUT2D eigenvalue weighted by molar-refractivity contribution is 6.20. The summed E-state index contributed by atoms with van der Waals surface area (Å²) in [6.45, 7) is 3.25. The fourth-order valence-corrected chi connectivity index (χ4v) is 3.86. The Morgan fingerprint density at radius 2 is 1.48 bits per heavy atom. The highest BCUT2D eigenvalue weighted by Gasteiger charge is 2.22. The Balaban J connectivity index is 0.00000484. The minimum Gasteiger partial charge on any atom is -0.344 e. The summed E-state index contributed by atoms with van der Waals surface area (Å²) in [7, 11) is 0. The zero-order valence-corrected chi connectivity index (χ0v) is 16.3. The number of alkyl halides is 1. The lowest BCUT2D eigenvalue weighted by Crippen LogP contribution is -2.25. The average Bonchev–Trinajstić information content (AvgIpc) is 2.90. The third-order valence-corrected chi connectivity index (χ3v) is 5.31. The van der Waals surface area contributed by atoms with E-state index < -0.39 is 0 Å². The fourth-order valence-electron chi connectivity index (χ4n) is 3.49. The minimum absolute atomic E-state index is 0. The summed E-state index contributed by atoms with van der Waals surface area (Å²) in [5.74, 6) is 0. The second kappa shape index (κ2) is 15.7. The number of halogens is 1. The number of hydrogen-bond acceptors (Lipinski definition) is 3. The molecule has 0 saturated carbocycles. The van der Waals surface area contributed by atoms with E-state index in [1.165, 1.54) is 77.0 Å². The van der Waals surface area contributed by atoms with Gasteiger partial charge in [0.25, 0.3) is 0 Å². The van der Waals surface area contributed by atoms with Crippen LogP contribution in [-0.4, -0.2) is 24.0 Å². The first-order valence-electron chi connectivity index (χ1n) is 9.85. The molecule has 0 radical (unpaired) electrons. The predicted molar refractivity (Wildman–Crippen MR) is 105 cm³/mol. The van der Waals surface area contributed by atoms with Crippen molar-refractivity contribution in [3.63, 3.8) is 0 Å². The van der Waals surface area contributed by atoms with Crippen LogP contribution >= 0.6 is 11.6 Å². The van der Waals surface area contributed by atoms with E-state index in [1.807, 2.05) is 0 Å². The monoisotopic (exact) mass is 347 g/mol. The van der Waals surface area contributed by atoms with E-state index in [0.717, 1.165) is 19.4 Å². The highest BCUT2D eigenvalue weighted by Crippen LogP contribution is 2.19. The van der Waals surface area contributed by atoms with Gasteiger partial charge in [0, 0.05) is 24.0 Å². The van der Waals surface area contributed by atoms with E-state index in [9.17, 15) is 0 Å². The summed E-state index contributed by atoms with van der Waals surface area (Å²) in [6, 6.07) is 0.904. The average molecular weight is 348 g/mol. The molecule has 0 aromatic heterocycles. The van der Waals surface area contributed by atoms with Gasteiger partial charge in [-0.3, -0.25) is 0 Å². The van der Waals surface area contributed by atoms with Crippen molar-refractivity contribution in [1.82, 2.24) is 11.5 Å². The molecule has 0 aliphatic carbocycles. The van der Waals surface area contributed by atoms with Gasteiger partial charge in [0.05, 0.1) is 0 Å². The molecule has 1 heterocycles. The predicted octanol–water partition coefficient (Wildman–Crippen LogP) is 5.54. The van der Waals surface area contributed by atoms with Gasteiger partial charge in [0.2, 0.25) is 0 Å². The maximum Gasteiger partial charge on any atom is 0.0350 e. The van der Waals surface area contributed by atoms with Gasteiger partial charge >= 0.3 is 0 Å². The molecular weight excluding hydrogens is 306 g/mol. The zero-order valence-electron chi connectivity index (χ0n) is 15.5. The lowest BCUT2D eigenvalue weighted by Gasteiger charge is -2.15. The zero-order chi connectivity index (χ0) is 16.0. The van der Waals surface area contributed by atoms with Gasteiger partial charge in [-0.25, -0.2) is 0 Å². The molecule has 6 N–H and O–H groups in total. The molecule has 1 aliphatic rings. The minimum atomic E-state index is 0. The van der Waals surface area contributed by atoms with E-state index >= 15 is 0 Å². The normalized spacial score (nSPS) is 22.0. The maximum atomic E-state index is 6.45. The molecular formula is C19H42ClN3. The molecule has 0 aromatic rings. The molecule has 1 rings (SSSR count). The molecule has 0 bridgehead atoms. The number of rotatable bonds is 14. The summed E-state index contributed by atoms with van der Waals surface area (Å²) in [6.07, 6.45) is 18.8. The SMILES string of the molecule is CCCCCCCCCCCCCC(Cl)CC1CC(N)CN1.N. The Morgan fingerprint density at radius 3 is 1.96 bits per heavy atom. The third kappa shape index (κ3) is 13.2. The maximum absolute atomic E-state index is 6.45. The number of nitrogens with one attached hydrogen (secondary N) is 1. The topological polar surface area (TPSA) is 73.0 Å². The van der Waals surface area contributed by atoms with Crippen LogP contribution in [-0.2, 0) is 0 Å². The van der Waals surface area contributed by atoms with E-state index in [-0.39, 0.29) is 6.15 Å². The molecule has 1 fully saturated rings. The summed E-state index contributed by atoms with van der Waals surface area (Å²) in [4.78, 5) is 0. The molecule has 1 saturated heterocycles. The molecule has 3 nitrogen and oxygen atoms in total. The van der Waals surface area contributed by atoms with E-state index in [0.29, 0.717) is 17.5 Å². The highest BCUT2D eigenvalue weighted by atomic mass is 35.5. The van der Waals surface area contributed by atoms with Gasteiger partial charge in [-0.1, -0.05) is 77.6 Å². The number of hydrogen-bond donors (Lipinski definition) is 3. The lowest BCUT2D eigenvalue weighted by molar-refractivity contribution is 0.499. The first-order valence-corrected chi connectivity index (χ1v) is 10.3. The molecule has 3 atom stereocenters. The van der Waals surface area contributed by atoms with Crippen molar-refractivity contribution in [3.8, 4) is 0 Å². The van der Waals surface area contributed by atoms with Crippen LogP contribution in [0.1, 0.15) is 96.8 Å². The summed E-state index contributed by atoms with van der Waals surface area (Å²) in [5, 5.41) is 3.81. The van der Waals surface area contributed by atoms with Crippen LogP contribution < -0.4 is 17.2 Å². The Morgan fingerprint density at radius 1 is 0.957 bits per heavy atom. The van der Waals surface area contributed by atoms with Crippen LogP contribution in [0, 0.1) is 0 Å². The Bertz CT molecular complexity index is 251. The number of nitrogens with two attached hydrogens (primary N) is 1. The first-order chi connectivity index (χ1) is 10.7. The Labute approximate surface area is 150 Å². The Hall–Kier alpha value is 0.170. The molecule has 23 heavy (non-hydrogen) atoms. The smallest absolute Gasteiger partial charge is 0.0350 e. The number of unbranched alkanes of at least 4 members (excludes halogenated alkanes) is 10. The van der Waals surface area contributed by atoms with Crippen LogP contribution in [0.3, 0.4) is 0 Å². The summed E-state index contributed by atoms with van der Waals surface area (Å²) < 4.78 is 0. The van der Waals surface area contributed by atoms with Gasteiger partial charge in [-0.15, -0.1) is 11.6 Å². The van der Waals surface area contributed by atoms with Gasteiger partial charge in [-0.2, -0.15) is 0 Å². The van der Waals surface area contributed by atoms with Crippen molar-refractivity contribution >= 4 is 11.6 Å². The van der Waals surface area contributed by atoms with Crippen molar-refractivity contribution < 1.29 is 0 Å². The van der Waals surface area contributed by atoms with Crippen LogP contribution in [0.15, 0.2) is 0 Å². The van der Waals surface area contributed by atoms with Crippen LogP contribution in [0.4, 0.5) is 0 Å². The standard InChI is InChI=1S/C19H39ClN2.H3N/c1-2-3-4-5-6-7-8-9-10-11-12-13-17(20)14-19-15-18(21)16-22-19;/h17-19,22H,2-16,21H2,1H3;1H3. The van der Waals surface area contributed by atoms with Gasteiger partial charge < -0.3 is 17.2 Å².